The number of benzene rings is 1. The zero-order valence-corrected chi connectivity index (χ0v) is 15.0. The van der Waals surface area contributed by atoms with Gasteiger partial charge in [-0.25, -0.2) is 4.98 Å². The van der Waals surface area contributed by atoms with Gasteiger partial charge >= 0.3 is 0 Å². The van der Waals surface area contributed by atoms with Crippen LogP contribution in [0.1, 0.15) is 22.7 Å². The number of amides is 1. The molecule has 1 amide bonds. The average Bonchev–Trinajstić information content (AvgIpc) is 3.24. The van der Waals surface area contributed by atoms with Crippen LogP contribution < -0.4 is 0 Å². The molecule has 0 radical (unpaired) electrons. The molecule has 7 heteroatoms. The Balaban J connectivity index is 1.59. The minimum absolute atomic E-state index is 0.0763. The first-order valence-electron chi connectivity index (χ1n) is 8.07. The van der Waals surface area contributed by atoms with E-state index in [1.807, 2.05) is 29.9 Å². The summed E-state index contributed by atoms with van der Waals surface area (Å²) in [5.41, 5.74) is 2.11. The maximum Gasteiger partial charge on any atom is 0.271 e. The van der Waals surface area contributed by atoms with Gasteiger partial charge in [-0.05, 0) is 24.6 Å². The van der Waals surface area contributed by atoms with Gasteiger partial charge in [0.05, 0.1) is 5.69 Å². The van der Waals surface area contributed by atoms with Crippen LogP contribution in [0.3, 0.4) is 0 Å². The van der Waals surface area contributed by atoms with Crippen molar-refractivity contribution in [2.24, 2.45) is 7.05 Å². The molecule has 0 fully saturated rings. The van der Waals surface area contributed by atoms with Gasteiger partial charge in [-0.3, -0.25) is 9.89 Å². The summed E-state index contributed by atoms with van der Waals surface area (Å²) < 4.78 is 2.00. The van der Waals surface area contributed by atoms with Crippen LogP contribution in [0.2, 0.25) is 5.02 Å². The van der Waals surface area contributed by atoms with E-state index in [9.17, 15) is 4.79 Å². The third-order valence-electron chi connectivity index (χ3n) is 4.11. The smallest absolute Gasteiger partial charge is 0.271 e. The number of nitrogens with zero attached hydrogens (tertiary/aromatic N) is 4. The first-order chi connectivity index (χ1) is 12.0. The lowest BCUT2D eigenvalue weighted by Crippen LogP contribution is -2.28. The lowest BCUT2D eigenvalue weighted by Gasteiger charge is -2.15. The summed E-state index contributed by atoms with van der Waals surface area (Å²) in [5.74, 6) is 0.944. The molecule has 1 N–H and O–H groups in total. The highest BCUT2D eigenvalue weighted by Crippen LogP contribution is 2.20. The van der Waals surface area contributed by atoms with Crippen molar-refractivity contribution in [2.75, 3.05) is 13.6 Å². The van der Waals surface area contributed by atoms with E-state index >= 15 is 0 Å². The van der Waals surface area contributed by atoms with Gasteiger partial charge in [-0.1, -0.05) is 23.7 Å². The zero-order chi connectivity index (χ0) is 17.8. The number of nitrogens with one attached hydrogen (secondary N) is 1. The van der Waals surface area contributed by atoms with Gasteiger partial charge in [0.25, 0.3) is 5.91 Å². The summed E-state index contributed by atoms with van der Waals surface area (Å²) in [6, 6.07) is 9.13. The number of hydrogen-bond donors (Lipinski definition) is 1. The number of carbonyl (C=O) groups is 1. The van der Waals surface area contributed by atoms with E-state index in [1.54, 1.807) is 36.3 Å². The molecule has 130 valence electrons. The van der Waals surface area contributed by atoms with E-state index in [4.69, 9.17) is 11.6 Å². The quantitative estimate of drug-likeness (QED) is 0.736. The maximum atomic E-state index is 12.5. The molecular formula is C18H20ClN5O. The summed E-state index contributed by atoms with van der Waals surface area (Å²) >= 11 is 5.90. The van der Waals surface area contributed by atoms with Crippen LogP contribution >= 0.6 is 11.6 Å². The number of H-pyrrole nitrogens is 1. The Labute approximate surface area is 151 Å². The molecule has 0 bridgehead atoms. The van der Waals surface area contributed by atoms with Crippen LogP contribution in [0.15, 0.2) is 42.7 Å². The number of halogens is 1. The molecule has 3 aromatic rings. The Morgan fingerprint density at radius 3 is 2.76 bits per heavy atom. The monoisotopic (exact) mass is 357 g/mol. The van der Waals surface area contributed by atoms with Crippen molar-refractivity contribution in [3.63, 3.8) is 0 Å². The van der Waals surface area contributed by atoms with Crippen molar-refractivity contribution in [1.82, 2.24) is 24.6 Å². The molecule has 3 rings (SSSR count). The third-order valence-corrected chi connectivity index (χ3v) is 4.36. The van der Waals surface area contributed by atoms with Crippen molar-refractivity contribution in [3.8, 4) is 11.3 Å². The first-order valence-corrected chi connectivity index (χ1v) is 8.45. The minimum Gasteiger partial charge on any atom is -0.340 e. The fourth-order valence-corrected chi connectivity index (χ4v) is 2.74. The molecule has 6 nitrogen and oxygen atoms in total. The Bertz CT molecular complexity index is 852. The Hall–Kier alpha value is -2.60. The summed E-state index contributed by atoms with van der Waals surface area (Å²) in [6.07, 6.45) is 5.39. The molecule has 0 saturated heterocycles. The fourth-order valence-electron chi connectivity index (χ4n) is 2.62. The van der Waals surface area contributed by atoms with Gasteiger partial charge < -0.3 is 9.47 Å². The average molecular weight is 358 g/mol. The Morgan fingerprint density at radius 2 is 2.08 bits per heavy atom. The molecule has 0 spiro atoms. The molecule has 2 heterocycles. The van der Waals surface area contributed by atoms with Crippen molar-refractivity contribution < 1.29 is 4.79 Å². The van der Waals surface area contributed by atoms with E-state index in [-0.39, 0.29) is 5.91 Å². The highest BCUT2D eigenvalue weighted by atomic mass is 35.5. The van der Waals surface area contributed by atoms with Crippen molar-refractivity contribution in [2.45, 2.75) is 12.8 Å². The molecule has 0 saturated carbocycles. The van der Waals surface area contributed by atoms with Gasteiger partial charge in [0.1, 0.15) is 11.5 Å². The van der Waals surface area contributed by atoms with E-state index < -0.39 is 0 Å². The van der Waals surface area contributed by atoms with Crippen LogP contribution in [0.4, 0.5) is 0 Å². The second kappa shape index (κ2) is 7.53. The number of aromatic nitrogens is 4. The van der Waals surface area contributed by atoms with Gasteiger partial charge in [0, 0.05) is 50.0 Å². The number of carbonyl (C=O) groups excluding carboxylic acids is 1. The first kappa shape index (κ1) is 17.2. The summed E-state index contributed by atoms with van der Waals surface area (Å²) in [4.78, 5) is 18.5. The standard InChI is InChI=1S/C18H20ClN5O/c1-23-11-9-20-17(23)4-3-10-24(2)18(25)16-12-15(21-22-16)13-5-7-14(19)8-6-13/h5-9,11-12H,3-4,10H2,1-2H3,(H,21,22). The second-order valence-corrected chi connectivity index (χ2v) is 6.39. The number of aromatic amines is 1. The van der Waals surface area contributed by atoms with Gasteiger partial charge in [-0.15, -0.1) is 0 Å². The van der Waals surface area contributed by atoms with Gasteiger partial charge in [-0.2, -0.15) is 5.10 Å². The van der Waals surface area contributed by atoms with Crippen molar-refractivity contribution in [3.05, 3.63) is 59.3 Å². The van der Waals surface area contributed by atoms with Crippen LogP contribution in [-0.2, 0) is 13.5 Å². The summed E-state index contributed by atoms with van der Waals surface area (Å²) in [5, 5.41) is 7.71. The van der Waals surface area contributed by atoms with Crippen molar-refractivity contribution >= 4 is 17.5 Å². The van der Waals surface area contributed by atoms with Gasteiger partial charge in [0.15, 0.2) is 0 Å². The maximum absolute atomic E-state index is 12.5. The van der Waals surface area contributed by atoms with E-state index in [0.29, 0.717) is 17.3 Å². The van der Waals surface area contributed by atoms with Crippen LogP contribution in [-0.4, -0.2) is 44.1 Å². The SMILES string of the molecule is CN(CCCc1nccn1C)C(=O)c1cc(-c2ccc(Cl)cc2)n[nH]1. The summed E-state index contributed by atoms with van der Waals surface area (Å²) in [6.45, 7) is 0.654. The third kappa shape index (κ3) is 4.09. The van der Waals surface area contributed by atoms with Gasteiger partial charge in [0.2, 0.25) is 0 Å². The molecule has 0 atom stereocenters. The van der Waals surface area contributed by atoms with Crippen LogP contribution in [0.25, 0.3) is 11.3 Å². The molecule has 25 heavy (non-hydrogen) atoms. The lowest BCUT2D eigenvalue weighted by atomic mass is 10.1. The second-order valence-electron chi connectivity index (χ2n) is 5.96. The largest absolute Gasteiger partial charge is 0.340 e. The molecule has 1 aromatic carbocycles. The molecule has 0 aliphatic rings. The number of rotatable bonds is 6. The van der Waals surface area contributed by atoms with E-state index in [0.717, 1.165) is 29.9 Å². The molecular weight excluding hydrogens is 338 g/mol. The highest BCUT2D eigenvalue weighted by molar-refractivity contribution is 6.30. The lowest BCUT2D eigenvalue weighted by molar-refractivity contribution is 0.0787. The Kier molecular flexibility index (Phi) is 5.19. The fraction of sp³-hybridized carbons (Fsp3) is 0.278. The predicted octanol–water partition coefficient (Wildman–Crippen LogP) is 3.17. The number of hydrogen-bond acceptors (Lipinski definition) is 3. The highest BCUT2D eigenvalue weighted by Gasteiger charge is 2.15. The van der Waals surface area contributed by atoms with Crippen LogP contribution in [0, 0.1) is 0 Å². The normalized spacial score (nSPS) is 10.8. The topological polar surface area (TPSA) is 66.8 Å². The molecule has 0 unspecified atom stereocenters. The predicted molar refractivity (Wildman–Crippen MR) is 97.5 cm³/mol. The number of aryl methyl sites for hydroxylation is 2. The van der Waals surface area contributed by atoms with E-state index in [2.05, 4.69) is 15.2 Å². The van der Waals surface area contributed by atoms with E-state index in [1.165, 1.54) is 0 Å². The Morgan fingerprint density at radius 1 is 1.32 bits per heavy atom. The summed E-state index contributed by atoms with van der Waals surface area (Å²) in [7, 11) is 3.77. The molecule has 2 aromatic heterocycles. The minimum atomic E-state index is -0.0763. The number of imidazole rings is 1. The zero-order valence-electron chi connectivity index (χ0n) is 14.2. The van der Waals surface area contributed by atoms with Crippen LogP contribution in [0.5, 0.6) is 0 Å². The molecule has 0 aliphatic heterocycles. The van der Waals surface area contributed by atoms with Crippen molar-refractivity contribution in [1.29, 1.82) is 0 Å². The molecule has 0 aliphatic carbocycles.